The quantitative estimate of drug-likeness (QED) is 0.570. The van der Waals surface area contributed by atoms with Crippen molar-refractivity contribution in [3.63, 3.8) is 0 Å². The molecule has 1 aromatic heterocycles. The Morgan fingerprint density at radius 1 is 1.10 bits per heavy atom. The number of nitrogens with two attached hydrogens (primary N) is 1. The second kappa shape index (κ2) is 5.63. The van der Waals surface area contributed by atoms with E-state index in [0.29, 0.717) is 0 Å². The van der Waals surface area contributed by atoms with Crippen molar-refractivity contribution in [2.45, 2.75) is 6.04 Å². The van der Waals surface area contributed by atoms with Gasteiger partial charge in [0.15, 0.2) is 0 Å². The van der Waals surface area contributed by atoms with Crippen molar-refractivity contribution in [3.8, 4) is 5.75 Å². The minimum absolute atomic E-state index is 0.0255. The summed E-state index contributed by atoms with van der Waals surface area (Å²) in [4.78, 5) is 1.20. The lowest BCUT2D eigenvalue weighted by atomic mass is 10.1. The van der Waals surface area contributed by atoms with Gasteiger partial charge in [-0.2, -0.15) is 0 Å². The number of hydrogen-bond donors (Lipinski definition) is 2. The fourth-order valence-corrected chi connectivity index (χ4v) is 3.46. The fourth-order valence-electron chi connectivity index (χ4n) is 2.31. The van der Waals surface area contributed by atoms with E-state index in [9.17, 15) is 0 Å². The number of hydrogen-bond acceptors (Lipinski definition) is 4. The normalized spacial score (nSPS) is 12.5. The summed E-state index contributed by atoms with van der Waals surface area (Å²) in [7, 11) is 1.67. The van der Waals surface area contributed by atoms with Gasteiger partial charge in [0.25, 0.3) is 0 Å². The molecule has 0 spiro atoms. The first kappa shape index (κ1) is 13.1. The summed E-state index contributed by atoms with van der Waals surface area (Å²) in [5, 5.41) is 1.25. The molecule has 0 aliphatic rings. The molecule has 3 rings (SSSR count). The van der Waals surface area contributed by atoms with Crippen LogP contribution in [0.4, 0.5) is 0 Å². The van der Waals surface area contributed by atoms with Gasteiger partial charge in [0.1, 0.15) is 5.75 Å². The van der Waals surface area contributed by atoms with Crippen LogP contribution in [0.5, 0.6) is 5.75 Å². The molecule has 0 aliphatic heterocycles. The Hall–Kier alpha value is -1.88. The number of hydrazine groups is 1. The van der Waals surface area contributed by atoms with Gasteiger partial charge in [-0.05, 0) is 35.2 Å². The molecule has 102 valence electrons. The molecule has 1 atom stereocenters. The topological polar surface area (TPSA) is 47.3 Å². The zero-order valence-electron chi connectivity index (χ0n) is 11.2. The summed E-state index contributed by atoms with van der Waals surface area (Å²) in [6.07, 6.45) is 0. The number of ether oxygens (including phenoxy) is 1. The number of thiophene rings is 1. The molecule has 1 unspecified atom stereocenters. The van der Waals surface area contributed by atoms with Gasteiger partial charge in [0.05, 0.1) is 13.2 Å². The van der Waals surface area contributed by atoms with E-state index in [0.717, 1.165) is 11.3 Å². The zero-order valence-corrected chi connectivity index (χ0v) is 12.0. The Labute approximate surface area is 122 Å². The predicted molar refractivity (Wildman–Crippen MR) is 84.0 cm³/mol. The molecular weight excluding hydrogens is 268 g/mol. The number of fused-ring (bicyclic) bond motifs is 1. The molecule has 0 bridgehead atoms. The van der Waals surface area contributed by atoms with E-state index in [1.807, 2.05) is 18.2 Å². The van der Waals surface area contributed by atoms with Crippen molar-refractivity contribution >= 4 is 21.4 Å². The number of methoxy groups -OCH3 is 1. The van der Waals surface area contributed by atoms with Gasteiger partial charge in [-0.1, -0.05) is 30.3 Å². The Bertz CT molecular complexity index is 690. The highest BCUT2D eigenvalue weighted by atomic mass is 32.1. The van der Waals surface area contributed by atoms with Gasteiger partial charge in [-0.25, -0.2) is 5.43 Å². The smallest absolute Gasteiger partial charge is 0.119 e. The van der Waals surface area contributed by atoms with Crippen LogP contribution in [0.1, 0.15) is 16.5 Å². The van der Waals surface area contributed by atoms with Crippen molar-refractivity contribution in [3.05, 3.63) is 65.0 Å². The molecule has 4 heteroatoms. The van der Waals surface area contributed by atoms with E-state index < -0.39 is 0 Å². The molecule has 0 saturated carbocycles. The Morgan fingerprint density at radius 3 is 2.70 bits per heavy atom. The van der Waals surface area contributed by atoms with E-state index in [-0.39, 0.29) is 6.04 Å². The third-order valence-corrected chi connectivity index (χ3v) is 4.50. The average molecular weight is 284 g/mol. The third kappa shape index (κ3) is 2.41. The standard InChI is InChI=1S/C16H16N2OS/c1-19-13-7-4-6-12(9-13)16(18-17)15-10-11-5-2-3-8-14(11)20-15/h2-10,16,18H,17H2,1H3. The van der Waals surface area contributed by atoms with Crippen LogP contribution in [0, 0.1) is 0 Å². The van der Waals surface area contributed by atoms with E-state index in [1.54, 1.807) is 18.4 Å². The summed E-state index contributed by atoms with van der Waals surface area (Å²) < 4.78 is 6.55. The van der Waals surface area contributed by atoms with Gasteiger partial charge in [0, 0.05) is 9.58 Å². The summed E-state index contributed by atoms with van der Waals surface area (Å²) in [6, 6.07) is 18.5. The van der Waals surface area contributed by atoms with E-state index >= 15 is 0 Å². The molecule has 3 aromatic rings. The van der Waals surface area contributed by atoms with E-state index in [1.165, 1.54) is 15.0 Å². The molecule has 1 heterocycles. The summed E-state index contributed by atoms with van der Waals surface area (Å²) in [5.41, 5.74) is 4.00. The van der Waals surface area contributed by atoms with Gasteiger partial charge in [0.2, 0.25) is 0 Å². The molecule has 0 aliphatic carbocycles. The maximum Gasteiger partial charge on any atom is 0.119 e. The minimum Gasteiger partial charge on any atom is -0.497 e. The van der Waals surface area contributed by atoms with Crippen molar-refractivity contribution < 1.29 is 4.74 Å². The summed E-state index contributed by atoms with van der Waals surface area (Å²) >= 11 is 1.75. The van der Waals surface area contributed by atoms with E-state index in [2.05, 4.69) is 41.8 Å². The number of rotatable bonds is 4. The summed E-state index contributed by atoms with van der Waals surface area (Å²) in [5.74, 6) is 6.60. The lowest BCUT2D eigenvalue weighted by Crippen LogP contribution is -2.28. The van der Waals surface area contributed by atoms with Crippen LogP contribution in [-0.2, 0) is 0 Å². The molecule has 2 aromatic carbocycles. The second-order valence-corrected chi connectivity index (χ2v) is 5.68. The Balaban J connectivity index is 2.03. The van der Waals surface area contributed by atoms with Crippen LogP contribution in [0.15, 0.2) is 54.6 Å². The second-order valence-electron chi connectivity index (χ2n) is 4.56. The molecule has 0 radical (unpaired) electrons. The van der Waals surface area contributed by atoms with Crippen LogP contribution in [0.2, 0.25) is 0 Å². The van der Waals surface area contributed by atoms with Crippen LogP contribution in [-0.4, -0.2) is 7.11 Å². The molecule has 20 heavy (non-hydrogen) atoms. The highest BCUT2D eigenvalue weighted by Gasteiger charge is 2.15. The average Bonchev–Trinajstić information content (AvgIpc) is 2.91. The lowest BCUT2D eigenvalue weighted by Gasteiger charge is -2.15. The van der Waals surface area contributed by atoms with Gasteiger partial charge < -0.3 is 4.74 Å². The molecule has 3 nitrogen and oxygen atoms in total. The lowest BCUT2D eigenvalue weighted by molar-refractivity contribution is 0.413. The Morgan fingerprint density at radius 2 is 1.95 bits per heavy atom. The number of benzene rings is 2. The van der Waals surface area contributed by atoms with Crippen molar-refractivity contribution in [2.75, 3.05) is 7.11 Å². The molecule has 3 N–H and O–H groups in total. The highest BCUT2D eigenvalue weighted by Crippen LogP contribution is 2.33. The highest BCUT2D eigenvalue weighted by molar-refractivity contribution is 7.19. The van der Waals surface area contributed by atoms with Crippen LogP contribution in [0.25, 0.3) is 10.1 Å². The van der Waals surface area contributed by atoms with Crippen molar-refractivity contribution in [1.82, 2.24) is 5.43 Å². The fraction of sp³-hybridized carbons (Fsp3) is 0.125. The SMILES string of the molecule is COc1cccc(C(NN)c2cc3ccccc3s2)c1. The van der Waals surface area contributed by atoms with Crippen LogP contribution < -0.4 is 16.0 Å². The maximum absolute atomic E-state index is 5.77. The molecule has 0 saturated heterocycles. The first-order valence-corrected chi connectivity index (χ1v) is 7.22. The monoisotopic (exact) mass is 284 g/mol. The van der Waals surface area contributed by atoms with Crippen LogP contribution >= 0.6 is 11.3 Å². The van der Waals surface area contributed by atoms with E-state index in [4.69, 9.17) is 10.6 Å². The molecule has 0 fully saturated rings. The zero-order chi connectivity index (χ0) is 13.9. The van der Waals surface area contributed by atoms with Crippen LogP contribution in [0.3, 0.4) is 0 Å². The van der Waals surface area contributed by atoms with Gasteiger partial charge in [-0.3, -0.25) is 5.84 Å². The maximum atomic E-state index is 5.77. The van der Waals surface area contributed by atoms with Crippen molar-refractivity contribution in [1.29, 1.82) is 0 Å². The largest absolute Gasteiger partial charge is 0.497 e. The van der Waals surface area contributed by atoms with Gasteiger partial charge in [-0.15, -0.1) is 11.3 Å². The third-order valence-electron chi connectivity index (χ3n) is 3.32. The molecular formula is C16H16N2OS. The first-order chi connectivity index (χ1) is 9.81. The van der Waals surface area contributed by atoms with Gasteiger partial charge >= 0.3 is 0 Å². The number of nitrogens with one attached hydrogen (secondary N) is 1. The minimum atomic E-state index is -0.0255. The molecule has 0 amide bonds. The summed E-state index contributed by atoms with van der Waals surface area (Å²) in [6.45, 7) is 0. The Kier molecular flexibility index (Phi) is 3.69. The predicted octanol–water partition coefficient (Wildman–Crippen LogP) is 3.46. The first-order valence-electron chi connectivity index (χ1n) is 6.40. The van der Waals surface area contributed by atoms with Crippen molar-refractivity contribution in [2.24, 2.45) is 5.84 Å².